The van der Waals surface area contributed by atoms with E-state index < -0.39 is 15.9 Å². The molecule has 1 aliphatic heterocycles. The van der Waals surface area contributed by atoms with E-state index in [2.05, 4.69) is 20.9 Å². The molecule has 1 aromatic heterocycles. The second-order valence-corrected chi connectivity index (χ2v) is 8.78. The zero-order chi connectivity index (χ0) is 21.8. The largest absolute Gasteiger partial charge is 0.485 e. The first-order chi connectivity index (χ1) is 14.9. The Balaban J connectivity index is 1.40. The monoisotopic (exact) mass is 440 g/mol. The van der Waals surface area contributed by atoms with E-state index in [4.69, 9.17) is 9.47 Å². The minimum Gasteiger partial charge on any atom is -0.485 e. The summed E-state index contributed by atoms with van der Waals surface area (Å²) in [6.45, 7) is 1.21. The highest BCUT2D eigenvalue weighted by molar-refractivity contribution is 7.90. The molecule has 10 heteroatoms. The van der Waals surface area contributed by atoms with E-state index in [0.717, 1.165) is 6.26 Å². The van der Waals surface area contributed by atoms with Crippen molar-refractivity contribution in [1.29, 1.82) is 0 Å². The predicted octanol–water partition coefficient (Wildman–Crippen LogP) is 3.73. The van der Waals surface area contributed by atoms with Crippen LogP contribution in [0.3, 0.4) is 0 Å². The maximum atomic E-state index is 12.2. The third-order valence-corrected chi connectivity index (χ3v) is 5.48. The van der Waals surface area contributed by atoms with E-state index in [1.807, 2.05) is 0 Å². The van der Waals surface area contributed by atoms with Crippen LogP contribution in [0.5, 0.6) is 17.2 Å². The third-order valence-electron chi connectivity index (χ3n) is 4.37. The molecule has 3 N–H and O–H groups in total. The summed E-state index contributed by atoms with van der Waals surface area (Å²) in [6, 6.07) is 14.1. The second kappa shape index (κ2) is 8.52. The molecule has 0 unspecified atom stereocenters. The fraction of sp³-hybridized carbons (Fsp3) is 0.143. The van der Waals surface area contributed by atoms with Gasteiger partial charge in [-0.05, 0) is 42.5 Å². The highest BCUT2D eigenvalue weighted by atomic mass is 32.2. The lowest BCUT2D eigenvalue weighted by Crippen LogP contribution is -2.19. The lowest BCUT2D eigenvalue weighted by Gasteiger charge is -2.20. The van der Waals surface area contributed by atoms with Gasteiger partial charge < -0.3 is 25.4 Å². The molecule has 0 fully saturated rings. The quantitative estimate of drug-likeness (QED) is 0.553. The number of sulfone groups is 1. The van der Waals surface area contributed by atoms with Gasteiger partial charge in [0.1, 0.15) is 12.4 Å². The van der Waals surface area contributed by atoms with Crippen LogP contribution in [0.4, 0.5) is 22.0 Å². The summed E-state index contributed by atoms with van der Waals surface area (Å²) in [5.74, 6) is 2.31. The van der Waals surface area contributed by atoms with Crippen LogP contribution in [0.2, 0.25) is 0 Å². The van der Waals surface area contributed by atoms with Crippen molar-refractivity contribution in [2.45, 2.75) is 4.90 Å². The van der Waals surface area contributed by atoms with Crippen molar-refractivity contribution >= 4 is 33.1 Å². The van der Waals surface area contributed by atoms with Crippen molar-refractivity contribution in [3.8, 4) is 17.2 Å². The number of aromatic nitrogens is 1. The zero-order valence-corrected chi connectivity index (χ0v) is 17.4. The number of carbonyl (C=O) groups is 1. The number of benzene rings is 2. The van der Waals surface area contributed by atoms with E-state index in [9.17, 15) is 13.2 Å². The molecule has 9 nitrogen and oxygen atoms in total. The van der Waals surface area contributed by atoms with E-state index in [1.165, 1.54) is 12.1 Å². The number of nitrogens with zero attached hydrogens (tertiary/aromatic N) is 1. The standard InChI is InChI=1S/C21H20N4O5S/c1-31(27,28)17-4-2-3-15(13-17)25-21(26)24-14-5-7-16(8-6-14)30-18-9-10-22-20-19(18)29-12-11-23-20/h2-10,13H,11-12H2,1H3,(H,22,23)(H2,24,25,26). The molecule has 1 aliphatic rings. The van der Waals surface area contributed by atoms with Gasteiger partial charge in [0.05, 0.1) is 11.4 Å². The summed E-state index contributed by atoms with van der Waals surface area (Å²) >= 11 is 0. The van der Waals surface area contributed by atoms with Crippen LogP contribution in [0.1, 0.15) is 0 Å². The molecule has 0 radical (unpaired) electrons. The van der Waals surface area contributed by atoms with E-state index in [1.54, 1.807) is 48.7 Å². The zero-order valence-electron chi connectivity index (χ0n) is 16.6. The van der Waals surface area contributed by atoms with Crippen LogP contribution in [-0.4, -0.2) is 38.8 Å². The van der Waals surface area contributed by atoms with E-state index >= 15 is 0 Å². The molecule has 31 heavy (non-hydrogen) atoms. The van der Waals surface area contributed by atoms with Crippen LogP contribution in [0, 0.1) is 0 Å². The minimum atomic E-state index is -3.36. The van der Waals surface area contributed by atoms with Crippen molar-refractivity contribution in [2.24, 2.45) is 0 Å². The van der Waals surface area contributed by atoms with Gasteiger partial charge in [0.2, 0.25) is 5.75 Å². The third kappa shape index (κ3) is 5.04. The molecule has 0 saturated heterocycles. The highest BCUT2D eigenvalue weighted by Gasteiger charge is 2.17. The molecule has 2 heterocycles. The first-order valence-corrected chi connectivity index (χ1v) is 11.3. The number of rotatable bonds is 5. The minimum absolute atomic E-state index is 0.129. The van der Waals surface area contributed by atoms with Crippen molar-refractivity contribution in [1.82, 2.24) is 4.98 Å². The van der Waals surface area contributed by atoms with Gasteiger partial charge >= 0.3 is 6.03 Å². The topological polar surface area (TPSA) is 119 Å². The smallest absolute Gasteiger partial charge is 0.323 e. The van der Waals surface area contributed by atoms with Crippen LogP contribution in [0.25, 0.3) is 0 Å². The molecule has 2 aromatic carbocycles. The molecule has 0 atom stereocenters. The SMILES string of the molecule is CS(=O)(=O)c1cccc(NC(=O)Nc2ccc(Oc3ccnc4c3OCCN4)cc2)c1. The van der Waals surface area contributed by atoms with Gasteiger partial charge in [0.25, 0.3) is 0 Å². The van der Waals surface area contributed by atoms with Crippen molar-refractivity contribution in [2.75, 3.05) is 35.4 Å². The predicted molar refractivity (Wildman–Crippen MR) is 117 cm³/mol. The van der Waals surface area contributed by atoms with Crippen LogP contribution in [-0.2, 0) is 9.84 Å². The Kier molecular flexibility index (Phi) is 5.63. The summed E-state index contributed by atoms with van der Waals surface area (Å²) in [6.07, 6.45) is 2.75. The normalized spacial score (nSPS) is 12.7. The number of hydrogen-bond donors (Lipinski definition) is 3. The van der Waals surface area contributed by atoms with Gasteiger partial charge in [0, 0.05) is 29.9 Å². The number of urea groups is 1. The lowest BCUT2D eigenvalue weighted by atomic mass is 10.3. The Bertz CT molecular complexity index is 1210. The van der Waals surface area contributed by atoms with Gasteiger partial charge in [-0.3, -0.25) is 0 Å². The number of anilines is 3. The van der Waals surface area contributed by atoms with Crippen molar-refractivity contribution in [3.05, 3.63) is 60.8 Å². The Morgan fingerprint density at radius 1 is 1.10 bits per heavy atom. The molecule has 3 aromatic rings. The number of ether oxygens (including phenoxy) is 2. The number of nitrogens with one attached hydrogen (secondary N) is 3. The van der Waals surface area contributed by atoms with Crippen molar-refractivity contribution in [3.63, 3.8) is 0 Å². The van der Waals surface area contributed by atoms with Gasteiger partial charge in [-0.2, -0.15) is 0 Å². The first-order valence-electron chi connectivity index (χ1n) is 9.40. The fourth-order valence-corrected chi connectivity index (χ4v) is 3.60. The summed E-state index contributed by atoms with van der Waals surface area (Å²) in [5, 5.41) is 8.45. The summed E-state index contributed by atoms with van der Waals surface area (Å²) in [4.78, 5) is 16.6. The maximum absolute atomic E-state index is 12.2. The molecule has 2 amide bonds. The van der Waals surface area contributed by atoms with Crippen molar-refractivity contribution < 1.29 is 22.7 Å². The highest BCUT2D eigenvalue weighted by Crippen LogP contribution is 2.37. The number of amides is 2. The van der Waals surface area contributed by atoms with Gasteiger partial charge in [-0.15, -0.1) is 0 Å². The Morgan fingerprint density at radius 2 is 1.87 bits per heavy atom. The Morgan fingerprint density at radius 3 is 2.65 bits per heavy atom. The van der Waals surface area contributed by atoms with E-state index in [-0.39, 0.29) is 4.90 Å². The lowest BCUT2D eigenvalue weighted by molar-refractivity contribution is 0.262. The maximum Gasteiger partial charge on any atom is 0.323 e. The van der Waals surface area contributed by atoms with Gasteiger partial charge in [0.15, 0.2) is 21.4 Å². The fourth-order valence-electron chi connectivity index (χ4n) is 2.93. The Hall–Kier alpha value is -3.79. The average molecular weight is 440 g/mol. The van der Waals surface area contributed by atoms with Crippen LogP contribution in [0.15, 0.2) is 65.7 Å². The molecule has 0 saturated carbocycles. The first kappa shape index (κ1) is 20.5. The van der Waals surface area contributed by atoms with Gasteiger partial charge in [-0.1, -0.05) is 6.07 Å². The molecule has 0 aliphatic carbocycles. The molecule has 0 bridgehead atoms. The Labute approximate surface area is 179 Å². The molecule has 4 rings (SSSR count). The number of pyridine rings is 1. The molecule has 0 spiro atoms. The van der Waals surface area contributed by atoms with E-state index in [0.29, 0.717) is 47.6 Å². The number of carbonyl (C=O) groups excluding carboxylic acids is 1. The number of hydrogen-bond acceptors (Lipinski definition) is 7. The summed E-state index contributed by atoms with van der Waals surface area (Å²) < 4.78 is 34.8. The molecular formula is C21H20N4O5S. The van der Waals surface area contributed by atoms with Crippen LogP contribution >= 0.6 is 0 Å². The number of fused-ring (bicyclic) bond motifs is 1. The summed E-state index contributed by atoms with van der Waals surface area (Å²) in [5.41, 5.74) is 0.912. The molecular weight excluding hydrogens is 420 g/mol. The van der Waals surface area contributed by atoms with Crippen LogP contribution < -0.4 is 25.4 Å². The average Bonchev–Trinajstić information content (AvgIpc) is 2.75. The summed E-state index contributed by atoms with van der Waals surface area (Å²) in [7, 11) is -3.36. The second-order valence-electron chi connectivity index (χ2n) is 6.77. The molecule has 160 valence electrons. The van der Waals surface area contributed by atoms with Gasteiger partial charge in [-0.25, -0.2) is 18.2 Å².